The van der Waals surface area contributed by atoms with E-state index in [0.29, 0.717) is 24.3 Å². The normalized spacial score (nSPS) is 28.0. The summed E-state index contributed by atoms with van der Waals surface area (Å²) in [4.78, 5) is 25.0. The van der Waals surface area contributed by atoms with Gasteiger partial charge in [0, 0.05) is 31.9 Å². The van der Waals surface area contributed by atoms with Crippen molar-refractivity contribution in [3.05, 3.63) is 12.3 Å². The van der Waals surface area contributed by atoms with Gasteiger partial charge in [0.2, 0.25) is 17.7 Å². The van der Waals surface area contributed by atoms with Crippen LogP contribution in [0.3, 0.4) is 0 Å². The second kappa shape index (κ2) is 5.39. The molecule has 2 saturated heterocycles. The highest BCUT2D eigenvalue weighted by atomic mass is 16.5. The van der Waals surface area contributed by atoms with Crippen molar-refractivity contribution in [2.24, 2.45) is 5.92 Å². The maximum atomic E-state index is 12.2. The van der Waals surface area contributed by atoms with Crippen molar-refractivity contribution in [1.82, 2.24) is 14.9 Å². The average Bonchev–Trinajstić information content (AvgIpc) is 3.26. The Bertz CT molecular complexity index is 578. The summed E-state index contributed by atoms with van der Waals surface area (Å²) in [7, 11) is 1.59. The van der Waals surface area contributed by atoms with Crippen LogP contribution < -0.4 is 9.64 Å². The zero-order valence-electron chi connectivity index (χ0n) is 12.6. The fraction of sp³-hybridized carbons (Fsp3) is 0.667. The van der Waals surface area contributed by atoms with Gasteiger partial charge in [0.25, 0.3) is 0 Å². The van der Waals surface area contributed by atoms with Crippen LogP contribution in [0.2, 0.25) is 0 Å². The van der Waals surface area contributed by atoms with Crippen LogP contribution in [-0.2, 0) is 9.53 Å². The van der Waals surface area contributed by atoms with Gasteiger partial charge < -0.3 is 19.3 Å². The Hall–Kier alpha value is -1.89. The van der Waals surface area contributed by atoms with E-state index in [2.05, 4.69) is 14.9 Å². The maximum Gasteiger partial charge on any atom is 0.248 e. The van der Waals surface area contributed by atoms with E-state index in [-0.39, 0.29) is 24.7 Å². The number of methoxy groups -OCH3 is 1. The molecular formula is C15H20N4O3. The zero-order valence-corrected chi connectivity index (χ0v) is 12.6. The second-order valence-corrected chi connectivity index (χ2v) is 6.21. The van der Waals surface area contributed by atoms with Crippen molar-refractivity contribution in [2.75, 3.05) is 38.3 Å². The van der Waals surface area contributed by atoms with E-state index in [1.807, 2.05) is 4.90 Å². The van der Waals surface area contributed by atoms with Gasteiger partial charge in [-0.15, -0.1) is 0 Å². The van der Waals surface area contributed by atoms with Crippen LogP contribution in [0.4, 0.5) is 5.95 Å². The highest BCUT2D eigenvalue weighted by Crippen LogP contribution is 2.33. The van der Waals surface area contributed by atoms with Crippen LogP contribution in [0.15, 0.2) is 12.3 Å². The Morgan fingerprint density at radius 2 is 2.27 bits per heavy atom. The molecule has 1 saturated carbocycles. The second-order valence-electron chi connectivity index (χ2n) is 6.21. The zero-order chi connectivity index (χ0) is 15.1. The Morgan fingerprint density at radius 3 is 3.05 bits per heavy atom. The first kappa shape index (κ1) is 13.8. The molecule has 0 aromatic carbocycles. The molecule has 7 nitrogen and oxygen atoms in total. The lowest BCUT2D eigenvalue weighted by molar-refractivity contribution is -0.153. The van der Waals surface area contributed by atoms with Crippen molar-refractivity contribution in [3.63, 3.8) is 0 Å². The molecule has 2 atom stereocenters. The predicted molar refractivity (Wildman–Crippen MR) is 78.8 cm³/mol. The molecule has 0 bridgehead atoms. The molecule has 2 aliphatic heterocycles. The first-order valence-electron chi connectivity index (χ1n) is 7.77. The molecule has 0 spiro atoms. The number of rotatable bonds is 4. The number of anilines is 1. The molecule has 0 radical (unpaired) electrons. The Balaban J connectivity index is 1.52. The minimum atomic E-state index is 0.0475. The van der Waals surface area contributed by atoms with E-state index in [1.54, 1.807) is 19.4 Å². The number of hydrogen-bond donors (Lipinski definition) is 0. The molecule has 1 aromatic heterocycles. The molecule has 3 aliphatic rings. The number of ether oxygens (including phenoxy) is 2. The molecule has 2 unspecified atom stereocenters. The summed E-state index contributed by atoms with van der Waals surface area (Å²) >= 11 is 0. The van der Waals surface area contributed by atoms with E-state index < -0.39 is 0 Å². The number of carbonyl (C=O) groups is 1. The Labute approximate surface area is 129 Å². The molecule has 7 heteroatoms. The number of morpholine rings is 1. The number of amides is 1. The van der Waals surface area contributed by atoms with Gasteiger partial charge in [-0.1, -0.05) is 0 Å². The average molecular weight is 304 g/mol. The monoisotopic (exact) mass is 304 g/mol. The highest BCUT2D eigenvalue weighted by Gasteiger charge is 2.45. The third-order valence-corrected chi connectivity index (χ3v) is 4.64. The lowest BCUT2D eigenvalue weighted by Crippen LogP contribution is -2.54. The number of nitrogens with zero attached hydrogens (tertiary/aromatic N) is 4. The first-order valence-corrected chi connectivity index (χ1v) is 7.77. The van der Waals surface area contributed by atoms with Crippen molar-refractivity contribution in [1.29, 1.82) is 0 Å². The molecule has 1 aromatic rings. The fourth-order valence-corrected chi connectivity index (χ4v) is 3.24. The smallest absolute Gasteiger partial charge is 0.248 e. The Morgan fingerprint density at radius 1 is 1.41 bits per heavy atom. The largest absolute Gasteiger partial charge is 0.481 e. The van der Waals surface area contributed by atoms with Gasteiger partial charge in [0.05, 0.1) is 19.3 Å². The quantitative estimate of drug-likeness (QED) is 0.797. The van der Waals surface area contributed by atoms with Gasteiger partial charge in [0.15, 0.2) is 0 Å². The molecule has 1 amide bonds. The van der Waals surface area contributed by atoms with Gasteiger partial charge >= 0.3 is 0 Å². The Kier molecular flexibility index (Phi) is 3.37. The van der Waals surface area contributed by atoms with E-state index in [0.717, 1.165) is 13.1 Å². The number of aromatic nitrogens is 2. The fourth-order valence-electron chi connectivity index (χ4n) is 3.24. The minimum Gasteiger partial charge on any atom is -0.481 e. The molecule has 3 fully saturated rings. The maximum absolute atomic E-state index is 12.2. The lowest BCUT2D eigenvalue weighted by Gasteiger charge is -2.36. The van der Waals surface area contributed by atoms with E-state index in [9.17, 15) is 4.79 Å². The summed E-state index contributed by atoms with van der Waals surface area (Å²) in [5, 5.41) is 0. The van der Waals surface area contributed by atoms with Gasteiger partial charge in [-0.3, -0.25) is 4.79 Å². The van der Waals surface area contributed by atoms with Crippen LogP contribution >= 0.6 is 0 Å². The van der Waals surface area contributed by atoms with Gasteiger partial charge in [-0.25, -0.2) is 4.98 Å². The topological polar surface area (TPSA) is 67.8 Å². The number of carbonyl (C=O) groups excluding carboxylic acids is 1. The summed E-state index contributed by atoms with van der Waals surface area (Å²) in [5.74, 6) is 1.98. The third-order valence-electron chi connectivity index (χ3n) is 4.64. The third kappa shape index (κ3) is 2.49. The molecular weight excluding hydrogens is 284 g/mol. The first-order chi connectivity index (χ1) is 10.7. The molecule has 0 N–H and O–H groups in total. The van der Waals surface area contributed by atoms with Crippen molar-refractivity contribution in [2.45, 2.75) is 25.0 Å². The predicted octanol–water partition coefficient (Wildman–Crippen LogP) is 0.311. The van der Waals surface area contributed by atoms with Crippen LogP contribution in [0.1, 0.15) is 12.8 Å². The van der Waals surface area contributed by atoms with E-state index >= 15 is 0 Å². The van der Waals surface area contributed by atoms with Crippen LogP contribution in [-0.4, -0.2) is 66.3 Å². The minimum absolute atomic E-state index is 0.0475. The van der Waals surface area contributed by atoms with Gasteiger partial charge in [-0.2, -0.15) is 4.98 Å². The summed E-state index contributed by atoms with van der Waals surface area (Å²) in [6.07, 6.45) is 4.22. The van der Waals surface area contributed by atoms with E-state index in [4.69, 9.17) is 9.47 Å². The summed E-state index contributed by atoms with van der Waals surface area (Å²) in [5.41, 5.74) is 0. The van der Waals surface area contributed by atoms with Gasteiger partial charge in [-0.05, 0) is 18.8 Å². The molecule has 3 heterocycles. The van der Waals surface area contributed by atoms with Crippen molar-refractivity contribution in [3.8, 4) is 5.88 Å². The standard InChI is InChI=1S/C15H20N4O3/c1-21-13-4-5-16-15(17-13)18-7-11-12(8-18)22-9-14(20)19(11)6-10-2-3-10/h4-5,10-12H,2-3,6-9H2,1H3. The lowest BCUT2D eigenvalue weighted by atomic mass is 10.1. The molecule has 1 aliphatic carbocycles. The summed E-state index contributed by atoms with van der Waals surface area (Å²) in [6.45, 7) is 2.50. The van der Waals surface area contributed by atoms with Crippen LogP contribution in [0, 0.1) is 5.92 Å². The van der Waals surface area contributed by atoms with Crippen molar-refractivity contribution < 1.29 is 14.3 Å². The SMILES string of the molecule is COc1ccnc(N2CC3OCC(=O)N(CC4CC4)C3C2)n1. The number of fused-ring (bicyclic) bond motifs is 1. The van der Waals surface area contributed by atoms with Gasteiger partial charge in [0.1, 0.15) is 6.61 Å². The molecule has 118 valence electrons. The van der Waals surface area contributed by atoms with Crippen LogP contribution in [0.25, 0.3) is 0 Å². The summed E-state index contributed by atoms with van der Waals surface area (Å²) < 4.78 is 10.9. The highest BCUT2D eigenvalue weighted by molar-refractivity contribution is 5.79. The molecule has 4 rings (SSSR count). The van der Waals surface area contributed by atoms with Crippen LogP contribution in [0.5, 0.6) is 5.88 Å². The van der Waals surface area contributed by atoms with E-state index in [1.165, 1.54) is 12.8 Å². The summed E-state index contributed by atoms with van der Waals surface area (Å²) in [6, 6.07) is 1.84. The number of hydrogen-bond acceptors (Lipinski definition) is 6. The molecule has 22 heavy (non-hydrogen) atoms. The van der Waals surface area contributed by atoms with Crippen molar-refractivity contribution >= 4 is 11.9 Å².